The van der Waals surface area contributed by atoms with Crippen molar-refractivity contribution in [2.45, 2.75) is 6.92 Å². The molecule has 7 heteroatoms. The van der Waals surface area contributed by atoms with Crippen LogP contribution in [-0.4, -0.2) is 48.0 Å². The van der Waals surface area contributed by atoms with E-state index in [1.165, 1.54) is 12.1 Å². The fourth-order valence-corrected chi connectivity index (χ4v) is 2.67. The number of rotatable bonds is 3. The summed E-state index contributed by atoms with van der Waals surface area (Å²) in [5, 5.41) is 3.47. The van der Waals surface area contributed by atoms with E-state index in [2.05, 4.69) is 9.62 Å². The van der Waals surface area contributed by atoms with Gasteiger partial charge in [0.15, 0.2) is 0 Å². The van der Waals surface area contributed by atoms with Gasteiger partial charge >= 0.3 is 6.03 Å². The third kappa shape index (κ3) is 4.28. The zero-order chi connectivity index (χ0) is 14.5. The molecule has 1 N–H and O–H groups in total. The van der Waals surface area contributed by atoms with Crippen molar-refractivity contribution >= 4 is 35.5 Å². The van der Waals surface area contributed by atoms with Crippen LogP contribution < -0.4 is 5.32 Å². The van der Waals surface area contributed by atoms with E-state index in [0.29, 0.717) is 23.9 Å². The van der Waals surface area contributed by atoms with Crippen molar-refractivity contribution in [1.82, 2.24) is 8.61 Å². The largest absolute Gasteiger partial charge is 0.379 e. The minimum Gasteiger partial charge on any atom is -0.379 e. The average molecular weight is 316 g/mol. The number of ether oxygens (including phenoxy) is 1. The zero-order valence-electron chi connectivity index (χ0n) is 11.6. The number of morpholine rings is 1. The van der Waals surface area contributed by atoms with Crippen molar-refractivity contribution < 1.29 is 9.53 Å². The molecular weight excluding hydrogens is 298 g/mol. The van der Waals surface area contributed by atoms with Gasteiger partial charge in [0.05, 0.1) is 13.2 Å². The first-order valence-corrected chi connectivity index (χ1v) is 7.49. The van der Waals surface area contributed by atoms with Crippen molar-refractivity contribution in [3.63, 3.8) is 0 Å². The second-order valence-corrected chi connectivity index (χ2v) is 6.15. The minimum absolute atomic E-state index is 0.179. The smallest absolute Gasteiger partial charge is 0.332 e. The summed E-state index contributed by atoms with van der Waals surface area (Å²) in [6, 6.07) is 5.29. The number of nitrogens with one attached hydrogen (secondary N) is 1. The molecule has 1 aliphatic rings. The van der Waals surface area contributed by atoms with E-state index in [9.17, 15) is 4.79 Å². The quantitative estimate of drug-likeness (QED) is 0.871. The Kier molecular flexibility index (Phi) is 5.54. The van der Waals surface area contributed by atoms with Gasteiger partial charge < -0.3 is 10.1 Å². The Morgan fingerprint density at radius 2 is 2.15 bits per heavy atom. The Labute approximate surface area is 128 Å². The monoisotopic (exact) mass is 315 g/mol. The molecule has 1 fully saturated rings. The molecule has 0 aliphatic carbocycles. The van der Waals surface area contributed by atoms with Crippen molar-refractivity contribution in [3.05, 3.63) is 28.8 Å². The number of anilines is 1. The van der Waals surface area contributed by atoms with E-state index in [-0.39, 0.29) is 6.03 Å². The molecule has 0 bridgehead atoms. The van der Waals surface area contributed by atoms with Gasteiger partial charge in [0, 0.05) is 43.0 Å². The molecule has 20 heavy (non-hydrogen) atoms. The number of halogens is 1. The van der Waals surface area contributed by atoms with Gasteiger partial charge in [-0.1, -0.05) is 17.7 Å². The Hall–Kier alpha value is -0.950. The SMILES string of the molecule is Cc1ccc(NC(=O)N(C)SN2CCOCC2)cc1Cl. The number of hydrogen-bond acceptors (Lipinski definition) is 4. The number of carbonyl (C=O) groups excluding carboxylic acids is 1. The maximum absolute atomic E-state index is 12.1. The Morgan fingerprint density at radius 1 is 1.45 bits per heavy atom. The molecule has 1 saturated heterocycles. The van der Waals surface area contributed by atoms with E-state index in [1.54, 1.807) is 17.4 Å². The van der Waals surface area contributed by atoms with Gasteiger partial charge in [-0.25, -0.2) is 9.10 Å². The number of aryl methyl sites for hydroxylation is 1. The number of carbonyl (C=O) groups is 1. The molecule has 110 valence electrons. The van der Waals surface area contributed by atoms with E-state index in [1.807, 2.05) is 19.1 Å². The van der Waals surface area contributed by atoms with Crippen LogP contribution in [0.25, 0.3) is 0 Å². The van der Waals surface area contributed by atoms with Crippen LogP contribution in [-0.2, 0) is 4.74 Å². The number of amides is 2. The highest BCUT2D eigenvalue weighted by molar-refractivity contribution is 7.95. The topological polar surface area (TPSA) is 44.8 Å². The second-order valence-electron chi connectivity index (χ2n) is 4.51. The standard InChI is InChI=1S/C13H18ClN3O2S/c1-10-3-4-11(9-12(10)14)15-13(18)16(2)20-17-5-7-19-8-6-17/h3-4,9H,5-8H2,1-2H3,(H,15,18). The van der Waals surface area contributed by atoms with E-state index < -0.39 is 0 Å². The molecule has 2 rings (SSSR count). The van der Waals surface area contributed by atoms with Crippen molar-refractivity contribution in [1.29, 1.82) is 0 Å². The maximum atomic E-state index is 12.1. The lowest BCUT2D eigenvalue weighted by atomic mass is 10.2. The van der Waals surface area contributed by atoms with E-state index >= 15 is 0 Å². The Bertz CT molecular complexity index is 481. The van der Waals surface area contributed by atoms with Crippen LogP contribution in [0.15, 0.2) is 18.2 Å². The Morgan fingerprint density at radius 3 is 2.80 bits per heavy atom. The summed E-state index contributed by atoms with van der Waals surface area (Å²) in [6.07, 6.45) is 0. The van der Waals surface area contributed by atoms with Crippen molar-refractivity contribution in [2.24, 2.45) is 0 Å². The van der Waals surface area contributed by atoms with Crippen LogP contribution in [0.1, 0.15) is 5.56 Å². The van der Waals surface area contributed by atoms with Crippen LogP contribution in [0, 0.1) is 6.92 Å². The lowest BCUT2D eigenvalue weighted by molar-refractivity contribution is 0.0763. The highest BCUT2D eigenvalue weighted by Gasteiger charge is 2.17. The summed E-state index contributed by atoms with van der Waals surface area (Å²) in [5.41, 5.74) is 1.68. The fourth-order valence-electron chi connectivity index (χ4n) is 1.71. The van der Waals surface area contributed by atoms with Crippen LogP contribution >= 0.6 is 23.7 Å². The second kappa shape index (κ2) is 7.17. The first-order chi connectivity index (χ1) is 9.56. The highest BCUT2D eigenvalue weighted by Crippen LogP contribution is 2.21. The number of hydrogen-bond donors (Lipinski definition) is 1. The number of urea groups is 1. The molecule has 0 aromatic heterocycles. The molecule has 2 amide bonds. The minimum atomic E-state index is -0.179. The molecule has 0 saturated carbocycles. The normalized spacial score (nSPS) is 15.9. The molecule has 1 aromatic rings. The third-order valence-corrected chi connectivity index (χ3v) is 4.33. The third-order valence-electron chi connectivity index (χ3n) is 2.92. The van der Waals surface area contributed by atoms with Crippen molar-refractivity contribution in [3.8, 4) is 0 Å². The maximum Gasteiger partial charge on any atom is 0.332 e. The average Bonchev–Trinajstić information content (AvgIpc) is 2.44. The summed E-state index contributed by atoms with van der Waals surface area (Å²) < 4.78 is 8.94. The van der Waals surface area contributed by atoms with Gasteiger partial charge in [0.25, 0.3) is 0 Å². The van der Waals surface area contributed by atoms with Gasteiger partial charge in [-0.05, 0) is 24.6 Å². The van der Waals surface area contributed by atoms with Crippen LogP contribution in [0.3, 0.4) is 0 Å². The van der Waals surface area contributed by atoms with Crippen molar-refractivity contribution in [2.75, 3.05) is 38.7 Å². The lowest BCUT2D eigenvalue weighted by Gasteiger charge is -2.28. The summed E-state index contributed by atoms with van der Waals surface area (Å²) in [4.78, 5) is 12.1. The summed E-state index contributed by atoms with van der Waals surface area (Å²) in [7, 11) is 1.74. The molecule has 1 heterocycles. The first-order valence-electron chi connectivity index (χ1n) is 6.38. The van der Waals surface area contributed by atoms with Gasteiger partial charge in [-0.2, -0.15) is 0 Å². The molecule has 1 aromatic carbocycles. The van der Waals surface area contributed by atoms with E-state index in [4.69, 9.17) is 16.3 Å². The summed E-state index contributed by atoms with van der Waals surface area (Å²) in [5.74, 6) is 0. The molecule has 0 spiro atoms. The molecule has 0 unspecified atom stereocenters. The summed E-state index contributed by atoms with van der Waals surface area (Å²) >= 11 is 7.44. The van der Waals surface area contributed by atoms with Gasteiger partial charge in [0.2, 0.25) is 0 Å². The predicted octanol–water partition coefficient (Wildman–Crippen LogP) is 3.01. The van der Waals surface area contributed by atoms with Crippen LogP contribution in [0.4, 0.5) is 10.5 Å². The molecule has 0 radical (unpaired) electrons. The van der Waals surface area contributed by atoms with Gasteiger partial charge in [-0.3, -0.25) is 4.31 Å². The first kappa shape index (κ1) is 15.4. The molecule has 0 atom stereocenters. The summed E-state index contributed by atoms with van der Waals surface area (Å²) in [6.45, 7) is 4.97. The van der Waals surface area contributed by atoms with E-state index in [0.717, 1.165) is 18.7 Å². The zero-order valence-corrected chi connectivity index (χ0v) is 13.1. The molecule has 5 nitrogen and oxygen atoms in total. The lowest BCUT2D eigenvalue weighted by Crippen LogP contribution is -2.36. The molecule has 1 aliphatic heterocycles. The van der Waals surface area contributed by atoms with Gasteiger partial charge in [-0.15, -0.1) is 0 Å². The number of benzene rings is 1. The predicted molar refractivity (Wildman–Crippen MR) is 83.0 cm³/mol. The Balaban J connectivity index is 1.88. The number of nitrogens with zero attached hydrogens (tertiary/aromatic N) is 2. The fraction of sp³-hybridized carbons (Fsp3) is 0.462. The highest BCUT2D eigenvalue weighted by atomic mass is 35.5. The van der Waals surface area contributed by atoms with Gasteiger partial charge in [0.1, 0.15) is 0 Å². The van der Waals surface area contributed by atoms with Crippen LogP contribution in [0.2, 0.25) is 5.02 Å². The molecular formula is C13H18ClN3O2S. The van der Waals surface area contributed by atoms with Crippen LogP contribution in [0.5, 0.6) is 0 Å².